The predicted molar refractivity (Wildman–Crippen MR) is 89.9 cm³/mol. The highest BCUT2D eigenvalue weighted by molar-refractivity contribution is 6.22. The van der Waals surface area contributed by atoms with Gasteiger partial charge in [-0.25, -0.2) is 0 Å². The van der Waals surface area contributed by atoms with Gasteiger partial charge in [0.15, 0.2) is 11.5 Å². The summed E-state index contributed by atoms with van der Waals surface area (Å²) in [5.74, 6) is 1.49. The lowest BCUT2D eigenvalue weighted by Crippen LogP contribution is -1.95. The van der Waals surface area contributed by atoms with Gasteiger partial charge in [-0.2, -0.15) is 0 Å². The number of pyridine rings is 1. The van der Waals surface area contributed by atoms with Gasteiger partial charge in [-0.3, -0.25) is 4.98 Å². The minimum Gasteiger partial charge on any atom is -0.492 e. The second-order valence-electron chi connectivity index (χ2n) is 5.20. The van der Waals surface area contributed by atoms with E-state index in [4.69, 9.17) is 9.47 Å². The molecule has 0 fully saturated rings. The van der Waals surface area contributed by atoms with Crippen molar-refractivity contribution in [2.45, 2.75) is 0 Å². The number of ether oxygens (including phenoxy) is 2. The molecule has 0 radical (unpaired) electrons. The molecular weight excluding hydrogens is 274 g/mol. The average molecular weight is 289 g/mol. The van der Waals surface area contributed by atoms with Crippen molar-refractivity contribution < 1.29 is 9.47 Å². The Morgan fingerprint density at radius 2 is 1.55 bits per heavy atom. The average Bonchev–Trinajstić information content (AvgIpc) is 2.60. The standard InChI is InChI=1S/C19H15NO2/c1-21-18-16-11-20-10-9-14(16)15-8-7-12-5-3-4-6-13(12)17(15)19(18)22-2/h3-11H,1-2H3. The van der Waals surface area contributed by atoms with E-state index in [0.717, 1.165) is 38.4 Å². The third kappa shape index (κ3) is 1.65. The molecule has 108 valence electrons. The summed E-state index contributed by atoms with van der Waals surface area (Å²) in [5, 5.41) is 6.65. The van der Waals surface area contributed by atoms with E-state index < -0.39 is 0 Å². The lowest BCUT2D eigenvalue weighted by molar-refractivity contribution is 0.362. The molecule has 4 aromatic rings. The van der Waals surface area contributed by atoms with Crippen molar-refractivity contribution in [2.24, 2.45) is 0 Å². The van der Waals surface area contributed by atoms with E-state index in [2.05, 4.69) is 29.2 Å². The lowest BCUT2D eigenvalue weighted by Gasteiger charge is -2.16. The van der Waals surface area contributed by atoms with E-state index in [0.29, 0.717) is 0 Å². The Bertz CT molecular complexity index is 1000. The Hall–Kier alpha value is -2.81. The molecule has 0 saturated carbocycles. The van der Waals surface area contributed by atoms with Crippen molar-refractivity contribution in [3.8, 4) is 11.5 Å². The van der Waals surface area contributed by atoms with Crippen molar-refractivity contribution in [1.82, 2.24) is 4.98 Å². The molecule has 0 N–H and O–H groups in total. The first kappa shape index (κ1) is 12.9. The second-order valence-corrected chi connectivity index (χ2v) is 5.20. The highest BCUT2D eigenvalue weighted by atomic mass is 16.5. The van der Waals surface area contributed by atoms with Gasteiger partial charge >= 0.3 is 0 Å². The van der Waals surface area contributed by atoms with Crippen molar-refractivity contribution >= 4 is 32.3 Å². The van der Waals surface area contributed by atoms with Gasteiger partial charge in [0, 0.05) is 23.2 Å². The summed E-state index contributed by atoms with van der Waals surface area (Å²) in [6.45, 7) is 0. The van der Waals surface area contributed by atoms with Crippen LogP contribution in [-0.2, 0) is 0 Å². The van der Waals surface area contributed by atoms with Crippen LogP contribution in [0.5, 0.6) is 11.5 Å². The van der Waals surface area contributed by atoms with Crippen LogP contribution in [0.3, 0.4) is 0 Å². The summed E-state index contributed by atoms with van der Waals surface area (Å²) in [6, 6.07) is 14.6. The van der Waals surface area contributed by atoms with Crippen LogP contribution in [0.15, 0.2) is 54.9 Å². The van der Waals surface area contributed by atoms with Crippen LogP contribution in [0.1, 0.15) is 0 Å². The first-order chi connectivity index (χ1) is 10.8. The maximum absolute atomic E-state index is 5.71. The SMILES string of the molecule is COc1c(OC)c2c3ccccc3ccc2c2ccncc12. The maximum Gasteiger partial charge on any atom is 0.170 e. The minimum absolute atomic E-state index is 0.731. The van der Waals surface area contributed by atoms with Gasteiger partial charge in [0.05, 0.1) is 14.2 Å². The van der Waals surface area contributed by atoms with E-state index >= 15 is 0 Å². The van der Waals surface area contributed by atoms with Gasteiger partial charge in [-0.1, -0.05) is 36.4 Å². The molecule has 0 bridgehead atoms. The Labute approximate surface area is 128 Å². The number of aromatic nitrogens is 1. The molecule has 0 amide bonds. The Morgan fingerprint density at radius 1 is 0.727 bits per heavy atom. The summed E-state index contributed by atoms with van der Waals surface area (Å²) in [6.07, 6.45) is 3.63. The molecule has 0 saturated heterocycles. The number of methoxy groups -OCH3 is 2. The van der Waals surface area contributed by atoms with E-state index in [1.165, 1.54) is 5.39 Å². The van der Waals surface area contributed by atoms with E-state index in [1.807, 2.05) is 30.6 Å². The second kappa shape index (κ2) is 4.88. The van der Waals surface area contributed by atoms with Crippen molar-refractivity contribution in [2.75, 3.05) is 14.2 Å². The summed E-state index contributed by atoms with van der Waals surface area (Å²) in [7, 11) is 3.35. The van der Waals surface area contributed by atoms with Crippen LogP contribution >= 0.6 is 0 Å². The van der Waals surface area contributed by atoms with Gasteiger partial charge in [0.25, 0.3) is 0 Å². The highest BCUT2D eigenvalue weighted by Gasteiger charge is 2.17. The van der Waals surface area contributed by atoms with Gasteiger partial charge in [0.1, 0.15) is 0 Å². The van der Waals surface area contributed by atoms with Crippen LogP contribution < -0.4 is 9.47 Å². The molecule has 3 nitrogen and oxygen atoms in total. The molecule has 1 aromatic heterocycles. The molecule has 0 aliphatic rings. The number of hydrogen-bond acceptors (Lipinski definition) is 3. The molecule has 0 aliphatic carbocycles. The summed E-state index contributed by atoms with van der Waals surface area (Å²) in [5.41, 5.74) is 0. The summed E-state index contributed by atoms with van der Waals surface area (Å²) < 4.78 is 11.4. The summed E-state index contributed by atoms with van der Waals surface area (Å²) >= 11 is 0. The lowest BCUT2D eigenvalue weighted by atomic mass is 9.96. The number of fused-ring (bicyclic) bond motifs is 5. The Morgan fingerprint density at radius 3 is 2.36 bits per heavy atom. The number of hydrogen-bond donors (Lipinski definition) is 0. The Kier molecular flexibility index (Phi) is 2.86. The molecule has 22 heavy (non-hydrogen) atoms. The number of benzene rings is 3. The van der Waals surface area contributed by atoms with Gasteiger partial charge in [-0.15, -0.1) is 0 Å². The molecular formula is C19H15NO2. The normalized spacial score (nSPS) is 11.2. The van der Waals surface area contributed by atoms with Crippen LogP contribution in [0, 0.1) is 0 Å². The van der Waals surface area contributed by atoms with Gasteiger partial charge in [-0.05, 0) is 27.6 Å². The monoisotopic (exact) mass is 289 g/mol. The van der Waals surface area contributed by atoms with E-state index in [-0.39, 0.29) is 0 Å². The fourth-order valence-electron chi connectivity index (χ4n) is 3.18. The first-order valence-corrected chi connectivity index (χ1v) is 7.14. The van der Waals surface area contributed by atoms with Crippen LogP contribution in [0.4, 0.5) is 0 Å². The van der Waals surface area contributed by atoms with Crippen molar-refractivity contribution in [1.29, 1.82) is 0 Å². The van der Waals surface area contributed by atoms with Crippen LogP contribution in [0.2, 0.25) is 0 Å². The smallest absolute Gasteiger partial charge is 0.170 e. The molecule has 4 rings (SSSR count). The van der Waals surface area contributed by atoms with E-state index in [1.54, 1.807) is 14.2 Å². The predicted octanol–water partition coefficient (Wildman–Crippen LogP) is 4.56. The van der Waals surface area contributed by atoms with Crippen LogP contribution in [-0.4, -0.2) is 19.2 Å². The highest BCUT2D eigenvalue weighted by Crippen LogP contribution is 2.45. The maximum atomic E-state index is 5.71. The molecule has 0 atom stereocenters. The van der Waals surface area contributed by atoms with Crippen LogP contribution in [0.25, 0.3) is 32.3 Å². The molecule has 1 heterocycles. The topological polar surface area (TPSA) is 31.4 Å². The third-order valence-electron chi connectivity index (χ3n) is 4.13. The molecule has 0 aliphatic heterocycles. The Balaban J connectivity index is 2.36. The fraction of sp³-hybridized carbons (Fsp3) is 0.105. The number of nitrogens with zero attached hydrogens (tertiary/aromatic N) is 1. The zero-order valence-electron chi connectivity index (χ0n) is 12.5. The third-order valence-corrected chi connectivity index (χ3v) is 4.13. The molecule has 3 heteroatoms. The van der Waals surface area contributed by atoms with E-state index in [9.17, 15) is 0 Å². The molecule has 0 spiro atoms. The van der Waals surface area contributed by atoms with Crippen molar-refractivity contribution in [3.05, 3.63) is 54.9 Å². The number of rotatable bonds is 2. The fourth-order valence-corrected chi connectivity index (χ4v) is 3.18. The minimum atomic E-state index is 0.731. The van der Waals surface area contributed by atoms with Gasteiger partial charge in [0.2, 0.25) is 0 Å². The zero-order chi connectivity index (χ0) is 15.1. The quantitative estimate of drug-likeness (QED) is 0.507. The summed E-state index contributed by atoms with van der Waals surface area (Å²) in [4.78, 5) is 4.23. The van der Waals surface area contributed by atoms with Crippen molar-refractivity contribution in [3.63, 3.8) is 0 Å². The largest absolute Gasteiger partial charge is 0.492 e. The zero-order valence-corrected chi connectivity index (χ0v) is 12.5. The molecule has 3 aromatic carbocycles. The van der Waals surface area contributed by atoms with Gasteiger partial charge < -0.3 is 9.47 Å². The molecule has 0 unspecified atom stereocenters. The first-order valence-electron chi connectivity index (χ1n) is 7.14.